The molecule has 1 aliphatic heterocycles. The number of ether oxygens (including phenoxy) is 1. The lowest BCUT2D eigenvalue weighted by Crippen LogP contribution is -2.21. The molecule has 0 N–H and O–H groups in total. The average molecular weight is 322 g/mol. The van der Waals surface area contributed by atoms with Crippen LogP contribution >= 0.6 is 27.5 Å². The van der Waals surface area contributed by atoms with E-state index in [0.29, 0.717) is 16.5 Å². The van der Waals surface area contributed by atoms with Crippen molar-refractivity contribution in [2.75, 3.05) is 13.2 Å². The Balaban J connectivity index is 2.23. The van der Waals surface area contributed by atoms with Crippen LogP contribution in [0.1, 0.15) is 28.8 Å². The van der Waals surface area contributed by atoms with Crippen LogP contribution in [-0.4, -0.2) is 13.2 Å². The zero-order valence-electron chi connectivity index (χ0n) is 9.68. The molecule has 0 aromatic heterocycles. The first-order valence-electron chi connectivity index (χ1n) is 5.77. The smallest absolute Gasteiger partial charge is 0.127 e. The molecule has 0 amide bonds. The quantitative estimate of drug-likeness (QED) is 0.720. The summed E-state index contributed by atoms with van der Waals surface area (Å²) in [5.74, 6) is 0.157. The number of benzene rings is 1. The minimum Gasteiger partial charge on any atom is -0.381 e. The molecule has 0 saturated carbocycles. The summed E-state index contributed by atoms with van der Waals surface area (Å²) in [6.07, 6.45) is 2.19. The monoisotopic (exact) mass is 320 g/mol. The molecule has 4 heteroatoms. The van der Waals surface area contributed by atoms with E-state index in [4.69, 9.17) is 16.3 Å². The summed E-state index contributed by atoms with van der Waals surface area (Å²) in [4.78, 5) is 0.134. The fourth-order valence-corrected chi connectivity index (χ4v) is 3.34. The number of hydrogen-bond donors (Lipinski definition) is 0. The Bertz CT molecular complexity index is 405. The van der Waals surface area contributed by atoms with E-state index >= 15 is 0 Å². The van der Waals surface area contributed by atoms with Gasteiger partial charge in [-0.3, -0.25) is 0 Å². The Labute approximate surface area is 114 Å². The van der Waals surface area contributed by atoms with E-state index < -0.39 is 0 Å². The highest BCUT2D eigenvalue weighted by Crippen LogP contribution is 2.39. The summed E-state index contributed by atoms with van der Waals surface area (Å²) in [5.41, 5.74) is 1.59. The second-order valence-corrected chi connectivity index (χ2v) is 5.90. The van der Waals surface area contributed by atoms with Gasteiger partial charge in [0.2, 0.25) is 0 Å². The van der Waals surface area contributed by atoms with E-state index in [-0.39, 0.29) is 10.6 Å². The molecular formula is C13H15BrClFO. The van der Waals surface area contributed by atoms with Crippen molar-refractivity contribution in [2.24, 2.45) is 5.92 Å². The summed E-state index contributed by atoms with van der Waals surface area (Å²) >= 11 is 9.77. The van der Waals surface area contributed by atoms with Crippen LogP contribution in [0.2, 0.25) is 5.02 Å². The molecule has 2 unspecified atom stereocenters. The summed E-state index contributed by atoms with van der Waals surface area (Å²) in [5, 5.41) is 0.487. The predicted octanol–water partition coefficient (Wildman–Crippen LogP) is 4.65. The van der Waals surface area contributed by atoms with Crippen LogP contribution in [0.4, 0.5) is 4.39 Å². The van der Waals surface area contributed by atoms with Crippen molar-refractivity contribution in [3.8, 4) is 0 Å². The number of hydrogen-bond acceptors (Lipinski definition) is 1. The molecule has 2 atom stereocenters. The maximum absolute atomic E-state index is 13.3. The van der Waals surface area contributed by atoms with E-state index in [1.165, 1.54) is 6.07 Å². The fourth-order valence-electron chi connectivity index (χ4n) is 2.14. The normalized spacial score (nSPS) is 22.5. The van der Waals surface area contributed by atoms with Gasteiger partial charge in [0.25, 0.3) is 0 Å². The molecule has 0 radical (unpaired) electrons. The molecule has 0 aliphatic carbocycles. The predicted molar refractivity (Wildman–Crippen MR) is 71.4 cm³/mol. The van der Waals surface area contributed by atoms with Crippen molar-refractivity contribution in [3.05, 3.63) is 34.1 Å². The Morgan fingerprint density at radius 1 is 1.53 bits per heavy atom. The highest BCUT2D eigenvalue weighted by atomic mass is 79.9. The maximum Gasteiger partial charge on any atom is 0.127 e. The van der Waals surface area contributed by atoms with Gasteiger partial charge in [0.1, 0.15) is 5.82 Å². The first-order chi connectivity index (χ1) is 8.09. The van der Waals surface area contributed by atoms with Gasteiger partial charge < -0.3 is 4.74 Å². The van der Waals surface area contributed by atoms with Gasteiger partial charge in [-0.2, -0.15) is 0 Å². The summed E-state index contributed by atoms with van der Waals surface area (Å²) < 4.78 is 18.8. The highest BCUT2D eigenvalue weighted by molar-refractivity contribution is 9.09. The van der Waals surface area contributed by atoms with Crippen molar-refractivity contribution >= 4 is 27.5 Å². The second-order valence-electron chi connectivity index (χ2n) is 4.50. The number of alkyl halides is 1. The second kappa shape index (κ2) is 5.68. The topological polar surface area (TPSA) is 9.23 Å². The third-order valence-electron chi connectivity index (χ3n) is 3.18. The van der Waals surface area contributed by atoms with E-state index in [9.17, 15) is 4.39 Å². The maximum atomic E-state index is 13.3. The molecule has 1 aromatic rings. The van der Waals surface area contributed by atoms with Crippen LogP contribution in [0.25, 0.3) is 0 Å². The molecule has 1 nitrogen and oxygen atoms in total. The van der Waals surface area contributed by atoms with Crippen molar-refractivity contribution in [2.45, 2.75) is 24.6 Å². The standard InChI is InChI=1S/C13H15BrClFO/c1-8-5-10(11(15)6-12(8)16)13(14)9-3-2-4-17-7-9/h5-6,9,13H,2-4,7H2,1H3. The van der Waals surface area contributed by atoms with E-state index in [1.54, 1.807) is 6.92 Å². The van der Waals surface area contributed by atoms with Gasteiger partial charge in [0.05, 0.1) is 6.61 Å². The minimum absolute atomic E-state index is 0.134. The van der Waals surface area contributed by atoms with Crippen LogP contribution in [-0.2, 0) is 4.74 Å². The lowest BCUT2D eigenvalue weighted by atomic mass is 9.93. The summed E-state index contributed by atoms with van der Waals surface area (Å²) in [6.45, 7) is 3.33. The largest absolute Gasteiger partial charge is 0.381 e. The molecule has 1 saturated heterocycles. The first-order valence-corrected chi connectivity index (χ1v) is 7.06. The van der Waals surface area contributed by atoms with E-state index in [0.717, 1.165) is 31.6 Å². The molecule has 1 aliphatic rings. The molecule has 0 spiro atoms. The highest BCUT2D eigenvalue weighted by Gasteiger charge is 2.25. The average Bonchev–Trinajstić information content (AvgIpc) is 2.34. The number of halogens is 3. The fraction of sp³-hybridized carbons (Fsp3) is 0.538. The molecule has 94 valence electrons. The van der Waals surface area contributed by atoms with Gasteiger partial charge in [0.15, 0.2) is 0 Å². The summed E-state index contributed by atoms with van der Waals surface area (Å²) in [6, 6.07) is 3.22. The molecule has 1 aromatic carbocycles. The number of rotatable bonds is 2. The Kier molecular flexibility index (Phi) is 4.45. The van der Waals surface area contributed by atoms with E-state index in [1.807, 2.05) is 6.07 Å². The third kappa shape index (κ3) is 3.01. The van der Waals surface area contributed by atoms with Gasteiger partial charge >= 0.3 is 0 Å². The molecule has 2 rings (SSSR count). The Hall–Kier alpha value is -0.120. The number of aryl methyl sites for hydroxylation is 1. The van der Waals surface area contributed by atoms with Gasteiger partial charge in [-0.25, -0.2) is 4.39 Å². The zero-order chi connectivity index (χ0) is 12.4. The molecule has 17 heavy (non-hydrogen) atoms. The first kappa shape index (κ1) is 13.3. The van der Waals surface area contributed by atoms with Crippen molar-refractivity contribution in [1.29, 1.82) is 0 Å². The van der Waals surface area contributed by atoms with Crippen molar-refractivity contribution < 1.29 is 9.13 Å². The Morgan fingerprint density at radius 2 is 2.29 bits per heavy atom. The van der Waals surface area contributed by atoms with Gasteiger partial charge in [-0.15, -0.1) is 0 Å². The van der Waals surface area contributed by atoms with Gasteiger partial charge in [-0.05, 0) is 42.9 Å². The van der Waals surface area contributed by atoms with Crippen LogP contribution in [0.5, 0.6) is 0 Å². The lowest BCUT2D eigenvalue weighted by Gasteiger charge is -2.27. The van der Waals surface area contributed by atoms with Crippen LogP contribution < -0.4 is 0 Å². The molecule has 1 heterocycles. The van der Waals surface area contributed by atoms with Crippen LogP contribution in [0.15, 0.2) is 12.1 Å². The summed E-state index contributed by atoms with van der Waals surface area (Å²) in [7, 11) is 0. The zero-order valence-corrected chi connectivity index (χ0v) is 12.0. The van der Waals surface area contributed by atoms with Gasteiger partial charge in [-0.1, -0.05) is 33.6 Å². The molecular weight excluding hydrogens is 306 g/mol. The van der Waals surface area contributed by atoms with Crippen LogP contribution in [0.3, 0.4) is 0 Å². The van der Waals surface area contributed by atoms with Crippen molar-refractivity contribution in [3.63, 3.8) is 0 Å². The molecule has 0 bridgehead atoms. The lowest BCUT2D eigenvalue weighted by molar-refractivity contribution is 0.0546. The Morgan fingerprint density at radius 3 is 2.94 bits per heavy atom. The van der Waals surface area contributed by atoms with Gasteiger partial charge in [0, 0.05) is 16.5 Å². The minimum atomic E-state index is -0.252. The molecule has 1 fully saturated rings. The van der Waals surface area contributed by atoms with Crippen molar-refractivity contribution in [1.82, 2.24) is 0 Å². The van der Waals surface area contributed by atoms with Crippen LogP contribution in [0, 0.1) is 18.7 Å². The SMILES string of the molecule is Cc1cc(C(Br)C2CCCOC2)c(Cl)cc1F. The third-order valence-corrected chi connectivity index (χ3v) is 4.75. The van der Waals surface area contributed by atoms with E-state index in [2.05, 4.69) is 15.9 Å².